The molecule has 0 bridgehead atoms. The summed E-state index contributed by atoms with van der Waals surface area (Å²) in [5.41, 5.74) is 9.48. The van der Waals surface area contributed by atoms with Crippen LogP contribution in [0.5, 0.6) is 0 Å². The zero-order valence-corrected chi connectivity index (χ0v) is 26.9. The van der Waals surface area contributed by atoms with E-state index in [4.69, 9.17) is 22.4 Å². The van der Waals surface area contributed by atoms with Gasteiger partial charge in [0.25, 0.3) is 11.8 Å². The Morgan fingerprint density at radius 3 is 2.51 bits per heavy atom. The van der Waals surface area contributed by atoms with Gasteiger partial charge in [-0.1, -0.05) is 29.8 Å². The number of anilines is 2. The number of carbonyl (C=O) groups excluding carboxylic acids is 2. The summed E-state index contributed by atoms with van der Waals surface area (Å²) in [6.45, 7) is 1.89. The zero-order chi connectivity index (χ0) is 34.0. The maximum atomic E-state index is 13.4. The summed E-state index contributed by atoms with van der Waals surface area (Å²) in [6.07, 6.45) is -0.458. The number of alkyl halides is 3. The van der Waals surface area contributed by atoms with Crippen molar-refractivity contribution in [2.75, 3.05) is 35.6 Å². The summed E-state index contributed by atoms with van der Waals surface area (Å²) in [5.74, 6) is -1.07. The number of rotatable bonds is 13. The number of carboxylic acid groups (broad SMARTS) is 1. The van der Waals surface area contributed by atoms with E-state index in [1.165, 1.54) is 17.8 Å². The van der Waals surface area contributed by atoms with Gasteiger partial charge in [0.1, 0.15) is 0 Å². The molecule has 1 aliphatic heterocycles. The topological polar surface area (TPSA) is 137 Å². The minimum atomic E-state index is -4.65. The van der Waals surface area contributed by atoms with Crippen molar-refractivity contribution in [1.82, 2.24) is 5.43 Å². The molecule has 3 aromatic rings. The Morgan fingerprint density at radius 2 is 1.81 bits per heavy atom. The monoisotopic (exact) mass is 689 g/mol. The number of carbonyl (C=O) groups is 3. The molecule has 1 heterocycles. The van der Waals surface area contributed by atoms with Crippen molar-refractivity contribution in [3.05, 3.63) is 93.5 Å². The molecular weight excluding hydrogens is 655 g/mol. The number of thioether (sulfide) groups is 1. The number of nitrogens with one attached hydrogen (secondary N) is 2. The van der Waals surface area contributed by atoms with Crippen molar-refractivity contribution in [1.29, 1.82) is 0 Å². The molecule has 1 aliphatic rings. The Morgan fingerprint density at radius 1 is 1.04 bits per heavy atom. The fourth-order valence-corrected chi connectivity index (χ4v) is 6.39. The summed E-state index contributed by atoms with van der Waals surface area (Å²) in [6, 6.07) is 15.4. The van der Waals surface area contributed by atoms with Crippen molar-refractivity contribution >= 4 is 58.7 Å². The highest BCUT2D eigenvalue weighted by atomic mass is 35.5. The Hall–Kier alpha value is -4.07. The largest absolute Gasteiger partial charge is 0.481 e. The highest BCUT2D eigenvalue weighted by Crippen LogP contribution is 2.35. The normalized spacial score (nSPS) is 14.2. The summed E-state index contributed by atoms with van der Waals surface area (Å²) in [4.78, 5) is 39.9. The van der Waals surface area contributed by atoms with E-state index in [1.807, 2.05) is 12.1 Å². The highest BCUT2D eigenvalue weighted by Gasteiger charge is 2.33. The number of hydrogen-bond acceptors (Lipinski definition) is 7. The first-order valence-electron chi connectivity index (χ1n) is 14.9. The van der Waals surface area contributed by atoms with Crippen molar-refractivity contribution < 1.29 is 32.7 Å². The maximum Gasteiger partial charge on any atom is 0.417 e. The van der Waals surface area contributed by atoms with Crippen LogP contribution < -0.4 is 21.4 Å². The first kappa shape index (κ1) is 35.8. The van der Waals surface area contributed by atoms with Crippen LogP contribution in [0.3, 0.4) is 0 Å². The minimum Gasteiger partial charge on any atom is -0.481 e. The standard InChI is InChI=1S/C33H35ClF3N5O4S/c34-28-9-7-21(14-27(28)33(35,36)37)18-39-41-32(46)26-16-25(42-11-2-1-3-12-42)8-10-29(26)40-31(45)24-6-4-5-22(13-24)19-47-20-23(17-38)15-30(43)44/h4-10,13-14,16,18,23H,1-3,11-12,15,17,19-20,38H2,(H,40,45)(H,41,46)(H,43,44)/b39-18+. The molecule has 4 rings (SSSR count). The van der Waals surface area contributed by atoms with Crippen molar-refractivity contribution in [3.63, 3.8) is 0 Å². The van der Waals surface area contributed by atoms with Gasteiger partial charge in [-0.3, -0.25) is 14.4 Å². The van der Waals surface area contributed by atoms with E-state index >= 15 is 0 Å². The third-order valence-corrected chi connectivity index (χ3v) is 9.07. The van der Waals surface area contributed by atoms with E-state index < -0.39 is 34.5 Å². The molecule has 1 fully saturated rings. The van der Waals surface area contributed by atoms with Crippen LogP contribution >= 0.6 is 23.4 Å². The van der Waals surface area contributed by atoms with Gasteiger partial charge in [0.2, 0.25) is 0 Å². The second-order valence-corrected chi connectivity index (χ2v) is 12.5. The van der Waals surface area contributed by atoms with Gasteiger partial charge in [-0.05, 0) is 91.1 Å². The van der Waals surface area contributed by atoms with Crippen LogP contribution in [0.25, 0.3) is 0 Å². The number of halogens is 4. The smallest absolute Gasteiger partial charge is 0.417 e. The molecule has 47 heavy (non-hydrogen) atoms. The second-order valence-electron chi connectivity index (χ2n) is 11.1. The number of piperidine rings is 1. The molecule has 0 spiro atoms. The third kappa shape index (κ3) is 10.5. The predicted octanol–water partition coefficient (Wildman–Crippen LogP) is 6.65. The molecule has 0 aliphatic carbocycles. The van der Waals surface area contributed by atoms with E-state index in [1.54, 1.807) is 30.3 Å². The van der Waals surface area contributed by atoms with E-state index in [-0.39, 0.29) is 35.7 Å². The number of amides is 2. The summed E-state index contributed by atoms with van der Waals surface area (Å²) >= 11 is 7.22. The molecule has 0 aromatic heterocycles. The van der Waals surface area contributed by atoms with Crippen molar-refractivity contribution in [2.24, 2.45) is 16.8 Å². The number of nitrogens with zero attached hydrogens (tertiary/aromatic N) is 2. The number of hydrazone groups is 1. The molecule has 1 unspecified atom stereocenters. The first-order valence-corrected chi connectivity index (χ1v) is 16.5. The average molecular weight is 690 g/mol. The van der Waals surface area contributed by atoms with Crippen LogP contribution in [0.1, 0.15) is 63.1 Å². The molecule has 9 nitrogen and oxygen atoms in total. The maximum absolute atomic E-state index is 13.4. The second kappa shape index (κ2) is 16.7. The number of benzene rings is 3. The SMILES string of the molecule is NCC(CSCc1cccc(C(=O)Nc2ccc(N3CCCCC3)cc2C(=O)N/N=C/c2ccc(Cl)c(C(F)(F)F)c2)c1)CC(=O)O. The summed E-state index contributed by atoms with van der Waals surface area (Å²) < 4.78 is 39.8. The molecule has 250 valence electrons. The Balaban J connectivity index is 1.50. The molecule has 1 atom stereocenters. The van der Waals surface area contributed by atoms with Crippen LogP contribution in [0.4, 0.5) is 24.5 Å². The van der Waals surface area contributed by atoms with Gasteiger partial charge in [0, 0.05) is 30.1 Å². The Kier molecular flexibility index (Phi) is 12.7. The van der Waals surface area contributed by atoms with E-state index in [0.29, 0.717) is 17.1 Å². The van der Waals surface area contributed by atoms with Crippen LogP contribution in [-0.4, -0.2) is 54.5 Å². The highest BCUT2D eigenvalue weighted by molar-refractivity contribution is 7.98. The van der Waals surface area contributed by atoms with Crippen molar-refractivity contribution in [3.8, 4) is 0 Å². The summed E-state index contributed by atoms with van der Waals surface area (Å²) in [5, 5.41) is 15.3. The summed E-state index contributed by atoms with van der Waals surface area (Å²) in [7, 11) is 0. The van der Waals surface area contributed by atoms with Gasteiger partial charge < -0.3 is 21.1 Å². The van der Waals surface area contributed by atoms with Gasteiger partial charge in [-0.2, -0.15) is 30.0 Å². The van der Waals surface area contributed by atoms with Crippen LogP contribution in [0.2, 0.25) is 5.02 Å². The number of aliphatic carboxylic acids is 1. The number of hydrogen-bond donors (Lipinski definition) is 4. The minimum absolute atomic E-state index is 0.0101. The van der Waals surface area contributed by atoms with Gasteiger partial charge in [-0.25, -0.2) is 5.43 Å². The van der Waals surface area contributed by atoms with Crippen LogP contribution in [0.15, 0.2) is 65.8 Å². The molecule has 1 saturated heterocycles. The molecular formula is C33H35ClF3N5O4S. The molecule has 14 heteroatoms. The number of nitrogens with two attached hydrogens (primary N) is 1. The van der Waals surface area contributed by atoms with Gasteiger partial charge >= 0.3 is 12.1 Å². The fourth-order valence-electron chi connectivity index (χ4n) is 5.04. The zero-order valence-electron chi connectivity index (χ0n) is 25.4. The Bertz CT molecular complexity index is 1620. The molecule has 5 N–H and O–H groups in total. The first-order chi connectivity index (χ1) is 22.4. The average Bonchev–Trinajstić information content (AvgIpc) is 3.05. The van der Waals surface area contributed by atoms with Gasteiger partial charge in [0.15, 0.2) is 0 Å². The lowest BCUT2D eigenvalue weighted by molar-refractivity contribution is -0.138. The predicted molar refractivity (Wildman–Crippen MR) is 179 cm³/mol. The van der Waals surface area contributed by atoms with E-state index in [2.05, 4.69) is 20.7 Å². The Labute approximate surface area is 279 Å². The lowest BCUT2D eigenvalue weighted by Crippen LogP contribution is -2.30. The lowest BCUT2D eigenvalue weighted by atomic mass is 10.1. The van der Waals surface area contributed by atoms with Crippen LogP contribution in [0, 0.1) is 5.92 Å². The molecule has 2 amide bonds. The van der Waals surface area contributed by atoms with Gasteiger partial charge in [0.05, 0.1) is 34.5 Å². The van der Waals surface area contributed by atoms with E-state index in [0.717, 1.165) is 62.0 Å². The quantitative estimate of drug-likeness (QED) is 0.117. The molecule has 3 aromatic carbocycles. The van der Waals surface area contributed by atoms with E-state index in [9.17, 15) is 27.6 Å². The van der Waals surface area contributed by atoms with Crippen molar-refractivity contribution in [2.45, 2.75) is 37.6 Å². The van der Waals surface area contributed by atoms with Crippen LogP contribution in [-0.2, 0) is 16.7 Å². The third-order valence-electron chi connectivity index (χ3n) is 7.50. The molecule has 0 radical (unpaired) electrons. The number of carboxylic acids is 1. The lowest BCUT2D eigenvalue weighted by Gasteiger charge is -2.29. The van der Waals surface area contributed by atoms with Gasteiger partial charge in [-0.15, -0.1) is 0 Å². The molecule has 0 saturated carbocycles. The fraction of sp³-hybridized carbons (Fsp3) is 0.333.